The molecule has 0 aliphatic carbocycles. The molecule has 0 aliphatic rings. The van der Waals surface area contributed by atoms with Gasteiger partial charge in [0.25, 0.3) is 8.17 Å². The lowest BCUT2D eigenvalue weighted by atomic mass is 15.7. The highest BCUT2D eigenvalue weighted by Crippen LogP contribution is 2.59. The van der Waals surface area contributed by atoms with Crippen LogP contribution in [0.1, 0.15) is 0 Å². The first-order valence-electron chi connectivity index (χ1n) is 1.53. The van der Waals surface area contributed by atoms with Gasteiger partial charge < -0.3 is 9.79 Å². The van der Waals surface area contributed by atoms with Gasteiger partial charge in [-0.1, -0.05) is 0 Å². The molecule has 0 aliphatic heterocycles. The minimum Gasteiger partial charge on any atom is -0.631 e. The summed E-state index contributed by atoms with van der Waals surface area (Å²) in [5, 5.41) is 0. The SMILES string of the molecule is [O-][P+]([O-])(O)O[P+](O)(O)O. The summed E-state index contributed by atoms with van der Waals surface area (Å²) in [6.07, 6.45) is 0. The summed E-state index contributed by atoms with van der Waals surface area (Å²) >= 11 is 0. The smallest absolute Gasteiger partial charge is 0.607 e. The van der Waals surface area contributed by atoms with E-state index in [9.17, 15) is 9.79 Å². The van der Waals surface area contributed by atoms with Crippen LogP contribution in [0.5, 0.6) is 0 Å². The van der Waals surface area contributed by atoms with E-state index < -0.39 is 16.3 Å². The summed E-state index contributed by atoms with van der Waals surface area (Å²) in [5.41, 5.74) is 0. The van der Waals surface area contributed by atoms with Crippen molar-refractivity contribution in [2.45, 2.75) is 0 Å². The third kappa shape index (κ3) is 8.58. The quantitative estimate of drug-likeness (QED) is 0.331. The molecular weight excluding hydrogens is 174 g/mol. The summed E-state index contributed by atoms with van der Waals surface area (Å²) in [7, 11) is -10.1. The fourth-order valence-corrected chi connectivity index (χ4v) is 1.25. The molecule has 0 heterocycles. The van der Waals surface area contributed by atoms with Gasteiger partial charge in [-0.05, 0) is 0 Å². The van der Waals surface area contributed by atoms with E-state index in [-0.39, 0.29) is 0 Å². The Kier molecular flexibility index (Phi) is 2.85. The molecule has 0 aromatic carbocycles. The van der Waals surface area contributed by atoms with Crippen LogP contribution in [0.2, 0.25) is 0 Å². The molecule has 9 heteroatoms. The van der Waals surface area contributed by atoms with Crippen molar-refractivity contribution in [2.24, 2.45) is 0 Å². The van der Waals surface area contributed by atoms with E-state index in [0.717, 1.165) is 0 Å². The summed E-state index contributed by atoms with van der Waals surface area (Å²) in [6, 6.07) is 0. The summed E-state index contributed by atoms with van der Waals surface area (Å²) < 4.78 is 2.96. The van der Waals surface area contributed by atoms with Crippen molar-refractivity contribution < 1.29 is 33.7 Å². The Balaban J connectivity index is 3.75. The van der Waals surface area contributed by atoms with Crippen molar-refractivity contribution in [3.8, 4) is 0 Å². The molecule has 4 N–H and O–H groups in total. The zero-order valence-electron chi connectivity index (χ0n) is 3.91. The molecule has 0 bridgehead atoms. The molecule has 56 valence electrons. The lowest BCUT2D eigenvalue weighted by Gasteiger charge is -2.20. The van der Waals surface area contributed by atoms with Gasteiger partial charge in [-0.15, -0.1) is 0 Å². The fraction of sp³-hybridized carbons (Fsp3) is 0. The predicted molar refractivity (Wildman–Crippen MR) is 23.8 cm³/mol. The molecule has 0 aromatic heterocycles. The van der Waals surface area contributed by atoms with Crippen LogP contribution in [-0.4, -0.2) is 19.6 Å². The Morgan fingerprint density at radius 2 is 1.33 bits per heavy atom. The van der Waals surface area contributed by atoms with Crippen molar-refractivity contribution in [3.05, 3.63) is 0 Å². The maximum atomic E-state index is 9.56. The lowest BCUT2D eigenvalue weighted by Crippen LogP contribution is -2.23. The average molecular weight is 178 g/mol. The maximum absolute atomic E-state index is 9.56. The zero-order chi connectivity index (χ0) is 7.71. The third-order valence-electron chi connectivity index (χ3n) is 0.213. The normalized spacial score (nSPS) is 14.0. The lowest BCUT2D eigenvalue weighted by molar-refractivity contribution is -0.354. The van der Waals surface area contributed by atoms with Crippen LogP contribution in [0.25, 0.3) is 0 Å². The molecule has 0 spiro atoms. The van der Waals surface area contributed by atoms with E-state index in [0.29, 0.717) is 0 Å². The monoisotopic (exact) mass is 178 g/mol. The first-order chi connectivity index (χ1) is 3.71. The van der Waals surface area contributed by atoms with Gasteiger partial charge in [0.1, 0.15) is 0 Å². The van der Waals surface area contributed by atoms with E-state index in [1.54, 1.807) is 0 Å². The minimum absolute atomic E-state index is 2.96. The predicted octanol–water partition coefficient (Wildman–Crippen LogP) is -2.95. The Hall–Kier alpha value is 0.580. The number of hydrogen-bond donors (Lipinski definition) is 4. The molecule has 0 saturated heterocycles. The largest absolute Gasteiger partial charge is 0.631 e. The van der Waals surface area contributed by atoms with Gasteiger partial charge in [-0.2, -0.15) is 14.7 Å². The first kappa shape index (κ1) is 9.58. The molecule has 0 radical (unpaired) electrons. The Morgan fingerprint density at radius 3 is 1.33 bits per heavy atom. The zero-order valence-corrected chi connectivity index (χ0v) is 5.70. The van der Waals surface area contributed by atoms with Gasteiger partial charge in [0, 0.05) is 4.31 Å². The van der Waals surface area contributed by atoms with Gasteiger partial charge in [0.05, 0.1) is 0 Å². The summed E-state index contributed by atoms with van der Waals surface area (Å²) in [6.45, 7) is 0. The molecule has 0 aromatic rings. The summed E-state index contributed by atoms with van der Waals surface area (Å²) in [4.78, 5) is 50.3. The minimum atomic E-state index is -5.24. The number of hydrogen-bond acceptors (Lipinski definition) is 7. The van der Waals surface area contributed by atoms with Crippen LogP contribution in [0, 0.1) is 0 Å². The van der Waals surface area contributed by atoms with Crippen molar-refractivity contribution >= 4 is 16.3 Å². The van der Waals surface area contributed by atoms with Crippen molar-refractivity contribution in [1.82, 2.24) is 0 Å². The molecule has 0 unspecified atom stereocenters. The first-order valence-corrected chi connectivity index (χ1v) is 4.59. The molecule has 0 fully saturated rings. The molecule has 0 atom stereocenters. The number of phosphoric acid groups is 1. The van der Waals surface area contributed by atoms with Crippen molar-refractivity contribution in [3.63, 3.8) is 0 Å². The molecule has 7 nitrogen and oxygen atoms in total. The van der Waals surface area contributed by atoms with Crippen molar-refractivity contribution in [2.75, 3.05) is 0 Å². The van der Waals surface area contributed by atoms with Gasteiger partial charge >= 0.3 is 8.17 Å². The fourth-order valence-electron chi connectivity index (χ4n) is 0.138. The highest BCUT2D eigenvalue weighted by molar-refractivity contribution is 7.65. The second kappa shape index (κ2) is 2.67. The second-order valence-electron chi connectivity index (χ2n) is 1.06. The van der Waals surface area contributed by atoms with Crippen molar-refractivity contribution in [1.29, 1.82) is 0 Å². The van der Waals surface area contributed by atoms with E-state index in [4.69, 9.17) is 19.6 Å². The Bertz CT molecular complexity index is 72.1. The van der Waals surface area contributed by atoms with Gasteiger partial charge in [0.15, 0.2) is 0 Å². The number of rotatable bonds is 2. The maximum Gasteiger partial charge on any atom is 0.607 e. The molecular formula is H4O7P2. The van der Waals surface area contributed by atoms with E-state index in [1.165, 1.54) is 0 Å². The standard InChI is InChI=1S/H4O7P2/c1-8(2,3)7-9(4,5)6/h1-3H,(H-,4,5,6). The van der Waals surface area contributed by atoms with Crippen LogP contribution in [0.3, 0.4) is 0 Å². The Labute approximate surface area is 51.1 Å². The second-order valence-corrected chi connectivity index (χ2v) is 3.68. The van der Waals surface area contributed by atoms with Crippen LogP contribution < -0.4 is 9.79 Å². The van der Waals surface area contributed by atoms with Crippen LogP contribution in [0.4, 0.5) is 0 Å². The van der Waals surface area contributed by atoms with Gasteiger partial charge in [0.2, 0.25) is 0 Å². The summed E-state index contributed by atoms with van der Waals surface area (Å²) in [5.74, 6) is 0. The molecule has 0 rings (SSSR count). The van der Waals surface area contributed by atoms with Gasteiger partial charge in [-0.3, -0.25) is 0 Å². The Morgan fingerprint density at radius 1 is 1.00 bits per heavy atom. The molecule has 9 heavy (non-hydrogen) atoms. The van der Waals surface area contributed by atoms with Gasteiger partial charge in [-0.25, -0.2) is 4.89 Å². The molecule has 0 saturated carbocycles. The highest BCUT2D eigenvalue weighted by Gasteiger charge is 2.43. The van der Waals surface area contributed by atoms with E-state index in [2.05, 4.69) is 4.31 Å². The van der Waals surface area contributed by atoms with Crippen LogP contribution in [-0.2, 0) is 4.31 Å². The van der Waals surface area contributed by atoms with Crippen LogP contribution >= 0.6 is 16.3 Å². The van der Waals surface area contributed by atoms with E-state index >= 15 is 0 Å². The van der Waals surface area contributed by atoms with E-state index in [1.807, 2.05) is 0 Å². The third-order valence-corrected chi connectivity index (χ3v) is 1.91. The highest BCUT2D eigenvalue weighted by atomic mass is 31.3. The molecule has 0 amide bonds. The average Bonchev–Trinajstić information content (AvgIpc) is 1.14. The van der Waals surface area contributed by atoms with Crippen LogP contribution in [0.15, 0.2) is 0 Å². The topological polar surface area (TPSA) is 136 Å².